The predicted molar refractivity (Wildman–Crippen MR) is 106 cm³/mol. The lowest BCUT2D eigenvalue weighted by Gasteiger charge is -2.29. The molecule has 0 aromatic heterocycles. The Morgan fingerprint density at radius 2 is 2.04 bits per heavy atom. The molecule has 1 aliphatic heterocycles. The van der Waals surface area contributed by atoms with E-state index < -0.39 is 12.1 Å². The summed E-state index contributed by atoms with van der Waals surface area (Å²) in [4.78, 5) is 37.5. The van der Waals surface area contributed by atoms with E-state index in [4.69, 9.17) is 10.5 Å². The second-order valence-electron chi connectivity index (χ2n) is 8.36. The van der Waals surface area contributed by atoms with Gasteiger partial charge in [-0.3, -0.25) is 14.4 Å². The van der Waals surface area contributed by atoms with Gasteiger partial charge < -0.3 is 21.1 Å². The molecule has 0 radical (unpaired) electrons. The first kappa shape index (κ1) is 20.3. The molecule has 2 unspecified atom stereocenters. The zero-order valence-electron chi connectivity index (χ0n) is 16.5. The van der Waals surface area contributed by atoms with Crippen LogP contribution in [0.1, 0.15) is 54.9 Å². The zero-order chi connectivity index (χ0) is 20.3. The molecule has 7 nitrogen and oxygen atoms in total. The van der Waals surface area contributed by atoms with E-state index in [1.54, 1.807) is 18.2 Å². The number of anilines is 1. The molecule has 0 bridgehead atoms. The maximum Gasteiger partial charge on any atom is 0.251 e. The van der Waals surface area contributed by atoms with Crippen molar-refractivity contribution in [3.63, 3.8) is 0 Å². The van der Waals surface area contributed by atoms with E-state index in [1.165, 1.54) is 0 Å². The van der Waals surface area contributed by atoms with Crippen LogP contribution in [0, 0.1) is 12.3 Å². The maximum atomic E-state index is 12.9. The van der Waals surface area contributed by atoms with Gasteiger partial charge in [-0.25, -0.2) is 0 Å². The second kappa shape index (κ2) is 8.31. The van der Waals surface area contributed by atoms with Gasteiger partial charge in [0.25, 0.3) is 5.91 Å². The van der Waals surface area contributed by atoms with E-state index in [2.05, 4.69) is 17.6 Å². The number of benzene rings is 1. The van der Waals surface area contributed by atoms with Crippen LogP contribution in [-0.4, -0.2) is 42.9 Å². The van der Waals surface area contributed by atoms with Crippen LogP contribution in [0.4, 0.5) is 5.69 Å². The number of ketones is 1. The average Bonchev–Trinajstić information content (AvgIpc) is 3.25. The van der Waals surface area contributed by atoms with Crippen LogP contribution in [0.2, 0.25) is 0 Å². The number of carbonyl (C=O) groups excluding carboxylic acids is 3. The standard InChI is InChI=1S/C21H29N3O4/c1-13-9-14(5-6-15(13)22)19(26)23-16(10-21(2)7-3-4-8-21)20(27)24-17-11-28-12-18(17)25/h5-6,9,16-17H,3-4,7-8,10-12,22H2,1-2H3,(H,23,26)(H,24,27). The highest BCUT2D eigenvalue weighted by molar-refractivity contribution is 5.99. The van der Waals surface area contributed by atoms with Gasteiger partial charge in [0.15, 0.2) is 5.78 Å². The Morgan fingerprint density at radius 1 is 1.32 bits per heavy atom. The SMILES string of the molecule is Cc1cc(C(=O)NC(CC2(C)CCCC2)C(=O)NC2COCC2=O)ccc1N. The predicted octanol–water partition coefficient (Wildman–Crippen LogP) is 1.73. The quantitative estimate of drug-likeness (QED) is 0.644. The van der Waals surface area contributed by atoms with Gasteiger partial charge in [0.1, 0.15) is 18.7 Å². The minimum absolute atomic E-state index is 0.00248. The minimum Gasteiger partial charge on any atom is -0.399 e. The molecule has 1 saturated heterocycles. The third kappa shape index (κ3) is 4.70. The van der Waals surface area contributed by atoms with Crippen molar-refractivity contribution >= 4 is 23.3 Å². The maximum absolute atomic E-state index is 12.9. The Balaban J connectivity index is 1.74. The van der Waals surface area contributed by atoms with Crippen molar-refractivity contribution in [2.24, 2.45) is 5.41 Å². The Morgan fingerprint density at radius 3 is 2.64 bits per heavy atom. The average molecular weight is 387 g/mol. The molecule has 1 aromatic carbocycles. The molecule has 7 heteroatoms. The molecular weight excluding hydrogens is 358 g/mol. The number of amides is 2. The van der Waals surface area contributed by atoms with E-state index in [1.807, 2.05) is 6.92 Å². The summed E-state index contributed by atoms with van der Waals surface area (Å²) in [5, 5.41) is 5.63. The van der Waals surface area contributed by atoms with Crippen LogP contribution in [0.15, 0.2) is 18.2 Å². The normalized spacial score (nSPS) is 22.1. The highest BCUT2D eigenvalue weighted by Crippen LogP contribution is 2.41. The topological polar surface area (TPSA) is 111 Å². The van der Waals surface area contributed by atoms with E-state index in [0.29, 0.717) is 17.7 Å². The van der Waals surface area contributed by atoms with E-state index >= 15 is 0 Å². The molecule has 1 saturated carbocycles. The number of nitrogen functional groups attached to an aromatic ring is 1. The first-order chi connectivity index (χ1) is 13.3. The number of Topliss-reactive ketones (excluding diaryl/α,β-unsaturated/α-hetero) is 1. The van der Waals surface area contributed by atoms with Gasteiger partial charge in [-0.2, -0.15) is 0 Å². The lowest BCUT2D eigenvalue weighted by molar-refractivity contribution is -0.127. The molecule has 2 atom stereocenters. The van der Waals surface area contributed by atoms with Crippen LogP contribution in [0.5, 0.6) is 0 Å². The van der Waals surface area contributed by atoms with Crippen molar-refractivity contribution in [3.05, 3.63) is 29.3 Å². The number of hydrogen-bond donors (Lipinski definition) is 3. The van der Waals surface area contributed by atoms with Crippen molar-refractivity contribution in [2.75, 3.05) is 18.9 Å². The largest absolute Gasteiger partial charge is 0.399 e. The molecule has 2 aliphatic rings. The highest BCUT2D eigenvalue weighted by Gasteiger charge is 2.37. The van der Waals surface area contributed by atoms with Crippen LogP contribution in [-0.2, 0) is 14.3 Å². The molecule has 1 aromatic rings. The van der Waals surface area contributed by atoms with Gasteiger partial charge in [-0.05, 0) is 55.4 Å². The molecule has 2 fully saturated rings. The number of carbonyl (C=O) groups is 3. The molecule has 0 spiro atoms. The molecule has 3 rings (SSSR count). The Hall–Kier alpha value is -2.41. The van der Waals surface area contributed by atoms with Gasteiger partial charge in [-0.15, -0.1) is 0 Å². The van der Waals surface area contributed by atoms with Crippen LogP contribution >= 0.6 is 0 Å². The fourth-order valence-electron chi connectivity index (χ4n) is 4.06. The molecule has 4 N–H and O–H groups in total. The number of aryl methyl sites for hydroxylation is 1. The van der Waals surface area contributed by atoms with Crippen molar-refractivity contribution in [1.29, 1.82) is 0 Å². The van der Waals surface area contributed by atoms with Gasteiger partial charge >= 0.3 is 0 Å². The summed E-state index contributed by atoms with van der Waals surface area (Å²) in [6.45, 7) is 4.19. The monoisotopic (exact) mass is 387 g/mol. The summed E-state index contributed by atoms with van der Waals surface area (Å²) in [6.07, 6.45) is 4.86. The van der Waals surface area contributed by atoms with E-state index in [9.17, 15) is 14.4 Å². The summed E-state index contributed by atoms with van der Waals surface area (Å²) < 4.78 is 5.11. The molecule has 28 heavy (non-hydrogen) atoms. The zero-order valence-corrected chi connectivity index (χ0v) is 16.5. The fraction of sp³-hybridized carbons (Fsp3) is 0.571. The number of rotatable bonds is 6. The summed E-state index contributed by atoms with van der Waals surface area (Å²) in [5.74, 6) is -0.795. The van der Waals surface area contributed by atoms with Gasteiger partial charge in [0, 0.05) is 11.3 Å². The summed E-state index contributed by atoms with van der Waals surface area (Å²) in [5.41, 5.74) is 7.72. The molecule has 2 amide bonds. The van der Waals surface area contributed by atoms with Crippen LogP contribution in [0.3, 0.4) is 0 Å². The minimum atomic E-state index is -0.707. The Kier molecular flexibility index (Phi) is 6.03. The van der Waals surface area contributed by atoms with E-state index in [0.717, 1.165) is 31.2 Å². The summed E-state index contributed by atoms with van der Waals surface area (Å²) in [6, 6.07) is 3.71. The lowest BCUT2D eigenvalue weighted by Crippen LogP contribution is -2.52. The fourth-order valence-corrected chi connectivity index (χ4v) is 4.06. The van der Waals surface area contributed by atoms with Gasteiger partial charge in [0.2, 0.25) is 5.91 Å². The first-order valence-electron chi connectivity index (χ1n) is 9.85. The van der Waals surface area contributed by atoms with Gasteiger partial charge in [0.05, 0.1) is 6.61 Å². The van der Waals surface area contributed by atoms with E-state index in [-0.39, 0.29) is 36.2 Å². The molecular formula is C21H29N3O4. The first-order valence-corrected chi connectivity index (χ1v) is 9.85. The van der Waals surface area contributed by atoms with Crippen molar-refractivity contribution in [3.8, 4) is 0 Å². The van der Waals surface area contributed by atoms with Gasteiger partial charge in [-0.1, -0.05) is 19.8 Å². The Bertz CT molecular complexity index is 771. The van der Waals surface area contributed by atoms with Crippen LogP contribution < -0.4 is 16.4 Å². The summed E-state index contributed by atoms with van der Waals surface area (Å²) >= 11 is 0. The summed E-state index contributed by atoms with van der Waals surface area (Å²) in [7, 11) is 0. The third-order valence-corrected chi connectivity index (χ3v) is 5.90. The molecule has 1 heterocycles. The third-order valence-electron chi connectivity index (χ3n) is 5.90. The highest BCUT2D eigenvalue weighted by atomic mass is 16.5. The lowest BCUT2D eigenvalue weighted by atomic mass is 9.81. The van der Waals surface area contributed by atoms with Crippen LogP contribution in [0.25, 0.3) is 0 Å². The van der Waals surface area contributed by atoms with Crippen molar-refractivity contribution in [1.82, 2.24) is 10.6 Å². The second-order valence-corrected chi connectivity index (χ2v) is 8.36. The molecule has 152 valence electrons. The van der Waals surface area contributed by atoms with Crippen molar-refractivity contribution < 1.29 is 19.1 Å². The van der Waals surface area contributed by atoms with Crippen molar-refractivity contribution in [2.45, 2.75) is 58.0 Å². The Labute approximate surface area is 165 Å². The number of nitrogens with one attached hydrogen (secondary N) is 2. The number of nitrogens with two attached hydrogens (primary N) is 1. The number of hydrogen-bond acceptors (Lipinski definition) is 5. The smallest absolute Gasteiger partial charge is 0.251 e. The number of ether oxygens (including phenoxy) is 1. The molecule has 1 aliphatic carbocycles.